The van der Waals surface area contributed by atoms with Crippen LogP contribution in [-0.4, -0.2) is 9.97 Å². The molecule has 3 nitrogen and oxygen atoms in total. The summed E-state index contributed by atoms with van der Waals surface area (Å²) in [5, 5.41) is 6.65. The van der Waals surface area contributed by atoms with E-state index in [-0.39, 0.29) is 0 Å². The first-order chi connectivity index (χ1) is 10.3. The summed E-state index contributed by atoms with van der Waals surface area (Å²) >= 11 is 1.69. The van der Waals surface area contributed by atoms with Gasteiger partial charge in [0.25, 0.3) is 0 Å². The minimum Gasteiger partial charge on any atom is -0.306 e. The third-order valence-corrected chi connectivity index (χ3v) is 4.21. The highest BCUT2D eigenvalue weighted by Crippen LogP contribution is 2.21. The van der Waals surface area contributed by atoms with E-state index in [1.165, 1.54) is 16.7 Å². The first-order valence-corrected chi connectivity index (χ1v) is 7.81. The maximum absolute atomic E-state index is 4.67. The molecule has 0 atom stereocenters. The van der Waals surface area contributed by atoms with Gasteiger partial charge in [0.05, 0.1) is 5.69 Å². The van der Waals surface area contributed by atoms with Crippen LogP contribution < -0.4 is 5.32 Å². The number of pyridine rings is 1. The van der Waals surface area contributed by atoms with Crippen LogP contribution in [0.5, 0.6) is 0 Å². The maximum Gasteiger partial charge on any atom is 0.107 e. The van der Waals surface area contributed by atoms with E-state index in [1.54, 1.807) is 11.3 Å². The highest BCUT2D eigenvalue weighted by molar-refractivity contribution is 7.09. The molecule has 0 saturated carbocycles. The Hall–Kier alpha value is -2.04. The molecular weight excluding hydrogens is 278 g/mol. The zero-order valence-electron chi connectivity index (χ0n) is 11.9. The molecule has 4 heteroatoms. The van der Waals surface area contributed by atoms with Gasteiger partial charge in [-0.3, -0.25) is 4.98 Å². The third kappa shape index (κ3) is 3.54. The smallest absolute Gasteiger partial charge is 0.107 e. The molecule has 0 radical (unpaired) electrons. The van der Waals surface area contributed by atoms with Crippen molar-refractivity contribution < 1.29 is 0 Å². The molecule has 3 aromatic rings. The SMILES string of the molecule is Cc1ccncc1CNCc1nc(-c2ccccc2)cs1. The molecule has 2 heterocycles. The van der Waals surface area contributed by atoms with Gasteiger partial charge >= 0.3 is 0 Å². The van der Waals surface area contributed by atoms with Gasteiger partial charge in [-0.15, -0.1) is 11.3 Å². The van der Waals surface area contributed by atoms with Crippen molar-refractivity contribution in [3.63, 3.8) is 0 Å². The number of aromatic nitrogens is 2. The lowest BCUT2D eigenvalue weighted by molar-refractivity contribution is 0.685. The van der Waals surface area contributed by atoms with Crippen molar-refractivity contribution in [1.82, 2.24) is 15.3 Å². The van der Waals surface area contributed by atoms with E-state index in [0.29, 0.717) is 0 Å². The molecule has 0 fully saturated rings. The number of benzene rings is 1. The second-order valence-electron chi connectivity index (χ2n) is 4.90. The van der Waals surface area contributed by atoms with Gasteiger partial charge in [-0.1, -0.05) is 30.3 Å². The minimum atomic E-state index is 0.784. The summed E-state index contributed by atoms with van der Waals surface area (Å²) in [7, 11) is 0. The Morgan fingerprint density at radius 1 is 1.10 bits per heavy atom. The molecule has 0 aliphatic heterocycles. The molecule has 1 aromatic carbocycles. The number of aryl methyl sites for hydroxylation is 1. The van der Waals surface area contributed by atoms with Crippen LogP contribution in [0, 0.1) is 6.92 Å². The number of thiazole rings is 1. The molecule has 21 heavy (non-hydrogen) atoms. The van der Waals surface area contributed by atoms with Gasteiger partial charge in [-0.05, 0) is 24.1 Å². The fourth-order valence-corrected chi connectivity index (χ4v) is 2.89. The first kappa shape index (κ1) is 13.9. The molecule has 0 aliphatic rings. The zero-order valence-corrected chi connectivity index (χ0v) is 12.7. The van der Waals surface area contributed by atoms with Gasteiger partial charge < -0.3 is 5.32 Å². The Labute approximate surface area is 128 Å². The van der Waals surface area contributed by atoms with Crippen molar-refractivity contribution in [3.05, 3.63) is 70.3 Å². The van der Waals surface area contributed by atoms with Crippen LogP contribution in [0.15, 0.2) is 54.2 Å². The van der Waals surface area contributed by atoms with E-state index in [9.17, 15) is 0 Å². The lowest BCUT2D eigenvalue weighted by Crippen LogP contribution is -2.13. The second kappa shape index (κ2) is 6.61. The largest absolute Gasteiger partial charge is 0.306 e. The van der Waals surface area contributed by atoms with E-state index in [4.69, 9.17) is 0 Å². The molecule has 106 valence electrons. The van der Waals surface area contributed by atoms with Crippen molar-refractivity contribution in [2.24, 2.45) is 0 Å². The summed E-state index contributed by atoms with van der Waals surface area (Å²) in [6, 6.07) is 12.3. The van der Waals surface area contributed by atoms with Crippen LogP contribution >= 0.6 is 11.3 Å². The molecule has 3 rings (SSSR count). The monoisotopic (exact) mass is 295 g/mol. The summed E-state index contributed by atoms with van der Waals surface area (Å²) in [5.41, 5.74) is 4.72. The molecular formula is C17H17N3S. The van der Waals surface area contributed by atoms with Crippen LogP contribution in [0.3, 0.4) is 0 Å². The van der Waals surface area contributed by atoms with Gasteiger partial charge in [0.1, 0.15) is 5.01 Å². The van der Waals surface area contributed by atoms with Gasteiger partial charge in [0.15, 0.2) is 0 Å². The predicted octanol–water partition coefficient (Wildman–Crippen LogP) is 3.80. The summed E-state index contributed by atoms with van der Waals surface area (Å²) < 4.78 is 0. The van der Waals surface area contributed by atoms with Crippen molar-refractivity contribution in [2.75, 3.05) is 0 Å². The predicted molar refractivity (Wildman–Crippen MR) is 87.1 cm³/mol. The molecule has 0 aliphatic carbocycles. The summed E-state index contributed by atoms with van der Waals surface area (Å²) in [6.07, 6.45) is 3.74. The number of nitrogens with one attached hydrogen (secondary N) is 1. The van der Waals surface area contributed by atoms with E-state index in [2.05, 4.69) is 39.7 Å². The maximum atomic E-state index is 4.67. The average molecular weight is 295 g/mol. The van der Waals surface area contributed by atoms with Crippen molar-refractivity contribution in [3.8, 4) is 11.3 Å². The highest BCUT2D eigenvalue weighted by Gasteiger charge is 2.04. The molecule has 0 amide bonds. The fourth-order valence-electron chi connectivity index (χ4n) is 2.12. The lowest BCUT2D eigenvalue weighted by Gasteiger charge is -2.05. The normalized spacial score (nSPS) is 10.7. The third-order valence-electron chi connectivity index (χ3n) is 3.36. The van der Waals surface area contributed by atoms with Crippen LogP contribution in [0.25, 0.3) is 11.3 Å². The summed E-state index contributed by atoms with van der Waals surface area (Å²) in [4.78, 5) is 8.84. The first-order valence-electron chi connectivity index (χ1n) is 6.93. The number of hydrogen-bond donors (Lipinski definition) is 1. The van der Waals surface area contributed by atoms with Crippen LogP contribution in [-0.2, 0) is 13.1 Å². The van der Waals surface area contributed by atoms with Gasteiger partial charge in [0, 0.05) is 36.4 Å². The quantitative estimate of drug-likeness (QED) is 0.778. The van der Waals surface area contributed by atoms with Crippen LogP contribution in [0.1, 0.15) is 16.1 Å². The molecule has 1 N–H and O–H groups in total. The second-order valence-corrected chi connectivity index (χ2v) is 5.84. The van der Waals surface area contributed by atoms with E-state index in [0.717, 1.165) is 23.8 Å². The Morgan fingerprint density at radius 2 is 1.95 bits per heavy atom. The molecule has 0 unspecified atom stereocenters. The van der Waals surface area contributed by atoms with Crippen molar-refractivity contribution in [2.45, 2.75) is 20.0 Å². The van der Waals surface area contributed by atoms with Crippen molar-refractivity contribution >= 4 is 11.3 Å². The zero-order chi connectivity index (χ0) is 14.5. The molecule has 0 bridgehead atoms. The Bertz CT molecular complexity index is 707. The Kier molecular flexibility index (Phi) is 4.38. The Morgan fingerprint density at radius 3 is 2.76 bits per heavy atom. The number of hydrogen-bond acceptors (Lipinski definition) is 4. The minimum absolute atomic E-state index is 0.784. The van der Waals surface area contributed by atoms with Gasteiger partial charge in [-0.2, -0.15) is 0 Å². The van der Waals surface area contributed by atoms with Crippen LogP contribution in [0.2, 0.25) is 0 Å². The molecule has 2 aromatic heterocycles. The fraction of sp³-hybridized carbons (Fsp3) is 0.176. The van der Waals surface area contributed by atoms with E-state index >= 15 is 0 Å². The van der Waals surface area contributed by atoms with Crippen molar-refractivity contribution in [1.29, 1.82) is 0 Å². The van der Waals surface area contributed by atoms with E-state index in [1.807, 2.05) is 36.7 Å². The highest BCUT2D eigenvalue weighted by atomic mass is 32.1. The van der Waals surface area contributed by atoms with Gasteiger partial charge in [-0.25, -0.2) is 4.98 Å². The average Bonchev–Trinajstić information content (AvgIpc) is 2.99. The molecule has 0 saturated heterocycles. The summed E-state index contributed by atoms with van der Waals surface area (Å²) in [6.45, 7) is 3.71. The number of rotatable bonds is 5. The van der Waals surface area contributed by atoms with Gasteiger partial charge in [0.2, 0.25) is 0 Å². The summed E-state index contributed by atoms with van der Waals surface area (Å²) in [5.74, 6) is 0. The van der Waals surface area contributed by atoms with E-state index < -0.39 is 0 Å². The lowest BCUT2D eigenvalue weighted by atomic mass is 10.1. The molecule has 0 spiro atoms. The topological polar surface area (TPSA) is 37.8 Å². The Balaban J connectivity index is 1.60. The van der Waals surface area contributed by atoms with Crippen LogP contribution in [0.4, 0.5) is 0 Å². The standard InChI is InChI=1S/C17H17N3S/c1-13-7-8-18-9-15(13)10-19-11-17-20-16(12-21-17)14-5-3-2-4-6-14/h2-9,12,19H,10-11H2,1H3. The number of nitrogens with zero attached hydrogens (tertiary/aromatic N) is 2.